The van der Waals surface area contributed by atoms with Gasteiger partial charge in [0.25, 0.3) is 0 Å². The van der Waals surface area contributed by atoms with E-state index >= 15 is 0 Å². The van der Waals surface area contributed by atoms with Gasteiger partial charge in [-0.1, -0.05) is 44.2 Å². The third kappa shape index (κ3) is 2.91. The summed E-state index contributed by atoms with van der Waals surface area (Å²) in [6, 6.07) is 13.1. The third-order valence-electron chi connectivity index (χ3n) is 4.28. The zero-order chi connectivity index (χ0) is 13.0. The second-order valence-electron chi connectivity index (χ2n) is 5.53. The summed E-state index contributed by atoms with van der Waals surface area (Å²) in [6.07, 6.45) is 1.83. The SMILES string of the molecule is CC1CCN(C(CC#N)c2ccccc2)CC1C. The van der Waals surface area contributed by atoms with Crippen LogP contribution >= 0.6 is 0 Å². The number of rotatable bonds is 3. The Hall–Kier alpha value is -1.33. The van der Waals surface area contributed by atoms with Gasteiger partial charge in [0, 0.05) is 12.6 Å². The highest BCUT2D eigenvalue weighted by atomic mass is 15.2. The first-order chi connectivity index (χ1) is 8.72. The minimum absolute atomic E-state index is 0.270. The van der Waals surface area contributed by atoms with Crippen molar-refractivity contribution in [1.29, 1.82) is 5.26 Å². The fourth-order valence-electron chi connectivity index (χ4n) is 2.80. The molecule has 18 heavy (non-hydrogen) atoms. The zero-order valence-corrected chi connectivity index (χ0v) is 11.3. The van der Waals surface area contributed by atoms with E-state index in [0.717, 1.165) is 24.9 Å². The van der Waals surface area contributed by atoms with E-state index in [0.29, 0.717) is 6.42 Å². The largest absolute Gasteiger partial charge is 0.295 e. The molecule has 2 nitrogen and oxygen atoms in total. The molecule has 0 radical (unpaired) electrons. The Kier molecular flexibility index (Phi) is 4.38. The summed E-state index contributed by atoms with van der Waals surface area (Å²) in [5, 5.41) is 9.07. The summed E-state index contributed by atoms with van der Waals surface area (Å²) in [4.78, 5) is 2.49. The Labute approximate surface area is 110 Å². The van der Waals surface area contributed by atoms with Gasteiger partial charge in [-0.05, 0) is 30.4 Å². The minimum Gasteiger partial charge on any atom is -0.295 e. The normalized spacial score (nSPS) is 26.5. The van der Waals surface area contributed by atoms with Crippen molar-refractivity contribution in [2.45, 2.75) is 32.7 Å². The highest BCUT2D eigenvalue weighted by molar-refractivity contribution is 5.20. The topological polar surface area (TPSA) is 27.0 Å². The average Bonchev–Trinajstić information content (AvgIpc) is 2.40. The number of benzene rings is 1. The first-order valence-corrected chi connectivity index (χ1v) is 6.88. The molecule has 0 saturated carbocycles. The van der Waals surface area contributed by atoms with Crippen LogP contribution in [-0.2, 0) is 0 Å². The van der Waals surface area contributed by atoms with E-state index in [1.807, 2.05) is 6.07 Å². The second kappa shape index (κ2) is 6.02. The summed E-state index contributed by atoms with van der Waals surface area (Å²) in [6.45, 7) is 6.89. The lowest BCUT2D eigenvalue weighted by molar-refractivity contribution is 0.0967. The first kappa shape index (κ1) is 13.1. The van der Waals surface area contributed by atoms with E-state index < -0.39 is 0 Å². The van der Waals surface area contributed by atoms with Crippen LogP contribution < -0.4 is 0 Å². The summed E-state index contributed by atoms with van der Waals surface area (Å²) < 4.78 is 0. The van der Waals surface area contributed by atoms with Crippen LogP contribution in [0.4, 0.5) is 0 Å². The van der Waals surface area contributed by atoms with E-state index in [2.05, 4.69) is 49.1 Å². The number of nitrogens with zero attached hydrogens (tertiary/aromatic N) is 2. The van der Waals surface area contributed by atoms with Crippen molar-refractivity contribution in [3.05, 3.63) is 35.9 Å². The van der Waals surface area contributed by atoms with Crippen molar-refractivity contribution in [2.24, 2.45) is 11.8 Å². The molecule has 1 aliphatic rings. The maximum Gasteiger partial charge on any atom is 0.0641 e. The van der Waals surface area contributed by atoms with Crippen LogP contribution in [0, 0.1) is 23.2 Å². The van der Waals surface area contributed by atoms with Gasteiger partial charge >= 0.3 is 0 Å². The second-order valence-corrected chi connectivity index (χ2v) is 5.53. The highest BCUT2D eigenvalue weighted by Gasteiger charge is 2.28. The van der Waals surface area contributed by atoms with Gasteiger partial charge in [-0.15, -0.1) is 0 Å². The summed E-state index contributed by atoms with van der Waals surface area (Å²) in [5.41, 5.74) is 1.28. The van der Waals surface area contributed by atoms with E-state index in [1.165, 1.54) is 12.0 Å². The van der Waals surface area contributed by atoms with Crippen LogP contribution in [0.1, 0.15) is 38.3 Å². The smallest absolute Gasteiger partial charge is 0.0641 e. The molecule has 3 unspecified atom stereocenters. The average molecular weight is 242 g/mol. The number of likely N-dealkylation sites (tertiary alicyclic amines) is 1. The molecule has 0 N–H and O–H groups in total. The van der Waals surface area contributed by atoms with Gasteiger partial charge in [0.1, 0.15) is 0 Å². The standard InChI is InChI=1S/C16H22N2/c1-13-9-11-18(12-14(13)2)16(8-10-17)15-6-4-3-5-7-15/h3-7,13-14,16H,8-9,11-12H2,1-2H3. The van der Waals surface area contributed by atoms with Gasteiger partial charge < -0.3 is 0 Å². The molecule has 1 saturated heterocycles. The Morgan fingerprint density at radius 2 is 2.00 bits per heavy atom. The van der Waals surface area contributed by atoms with Crippen molar-refractivity contribution < 1.29 is 0 Å². The van der Waals surface area contributed by atoms with Crippen molar-refractivity contribution in [3.8, 4) is 6.07 Å². The van der Waals surface area contributed by atoms with Gasteiger partial charge in [0.15, 0.2) is 0 Å². The molecule has 0 amide bonds. The molecule has 0 spiro atoms. The molecular weight excluding hydrogens is 220 g/mol. The molecule has 96 valence electrons. The maximum absolute atomic E-state index is 9.07. The van der Waals surface area contributed by atoms with Gasteiger partial charge in [-0.25, -0.2) is 0 Å². The Morgan fingerprint density at radius 1 is 1.28 bits per heavy atom. The summed E-state index contributed by atoms with van der Waals surface area (Å²) >= 11 is 0. The van der Waals surface area contributed by atoms with Crippen molar-refractivity contribution in [1.82, 2.24) is 4.90 Å². The molecular formula is C16H22N2. The van der Waals surface area contributed by atoms with E-state index in [9.17, 15) is 0 Å². The lowest BCUT2D eigenvalue weighted by atomic mass is 9.87. The Morgan fingerprint density at radius 3 is 2.61 bits per heavy atom. The quantitative estimate of drug-likeness (QED) is 0.809. The molecule has 1 aromatic rings. The monoisotopic (exact) mass is 242 g/mol. The first-order valence-electron chi connectivity index (χ1n) is 6.88. The van der Waals surface area contributed by atoms with Crippen LogP contribution in [0.25, 0.3) is 0 Å². The van der Waals surface area contributed by atoms with Crippen molar-refractivity contribution in [3.63, 3.8) is 0 Å². The zero-order valence-electron chi connectivity index (χ0n) is 11.3. The van der Waals surface area contributed by atoms with Crippen molar-refractivity contribution in [2.75, 3.05) is 13.1 Å². The lowest BCUT2D eigenvalue weighted by Crippen LogP contribution is -2.40. The third-order valence-corrected chi connectivity index (χ3v) is 4.28. The molecule has 0 bridgehead atoms. The molecule has 1 fully saturated rings. The molecule has 1 heterocycles. The Bertz CT molecular complexity index is 407. The Balaban J connectivity index is 2.14. The highest BCUT2D eigenvalue weighted by Crippen LogP contribution is 2.31. The van der Waals surface area contributed by atoms with Crippen molar-refractivity contribution >= 4 is 0 Å². The predicted molar refractivity (Wildman–Crippen MR) is 73.9 cm³/mol. The lowest BCUT2D eigenvalue weighted by Gasteiger charge is -2.39. The van der Waals surface area contributed by atoms with Crippen LogP contribution in [0.15, 0.2) is 30.3 Å². The van der Waals surface area contributed by atoms with E-state index in [-0.39, 0.29) is 6.04 Å². The number of piperidine rings is 1. The number of hydrogen-bond acceptors (Lipinski definition) is 2. The fraction of sp³-hybridized carbons (Fsp3) is 0.562. The minimum atomic E-state index is 0.270. The van der Waals surface area contributed by atoms with Crippen LogP contribution in [0.2, 0.25) is 0 Å². The number of nitriles is 1. The van der Waals surface area contributed by atoms with E-state index in [4.69, 9.17) is 5.26 Å². The molecule has 0 aromatic heterocycles. The predicted octanol–water partition coefficient (Wildman–Crippen LogP) is 3.62. The molecule has 0 aliphatic carbocycles. The number of hydrogen-bond donors (Lipinski definition) is 0. The fourth-order valence-corrected chi connectivity index (χ4v) is 2.80. The maximum atomic E-state index is 9.07. The molecule has 1 aliphatic heterocycles. The molecule has 3 atom stereocenters. The molecule has 2 heteroatoms. The van der Waals surface area contributed by atoms with Crippen LogP contribution in [0.5, 0.6) is 0 Å². The van der Waals surface area contributed by atoms with Gasteiger partial charge in [0.05, 0.1) is 12.5 Å². The summed E-state index contributed by atoms with van der Waals surface area (Å²) in [7, 11) is 0. The van der Waals surface area contributed by atoms with Crippen LogP contribution in [-0.4, -0.2) is 18.0 Å². The molecule has 2 rings (SSSR count). The van der Waals surface area contributed by atoms with E-state index in [1.54, 1.807) is 0 Å². The van der Waals surface area contributed by atoms with Gasteiger partial charge in [-0.2, -0.15) is 5.26 Å². The van der Waals surface area contributed by atoms with Gasteiger partial charge in [0.2, 0.25) is 0 Å². The van der Waals surface area contributed by atoms with Crippen LogP contribution in [0.3, 0.4) is 0 Å². The summed E-state index contributed by atoms with van der Waals surface area (Å²) in [5.74, 6) is 1.53. The van der Waals surface area contributed by atoms with Gasteiger partial charge in [-0.3, -0.25) is 4.90 Å². The molecule has 1 aromatic carbocycles.